The highest BCUT2D eigenvalue weighted by Crippen LogP contribution is 2.25. The fraction of sp³-hybridized carbons (Fsp3) is 0.538. The van der Waals surface area contributed by atoms with Crippen molar-refractivity contribution in [2.75, 3.05) is 25.6 Å². The van der Waals surface area contributed by atoms with Gasteiger partial charge in [0.1, 0.15) is 11.6 Å². The summed E-state index contributed by atoms with van der Waals surface area (Å²) in [4.78, 5) is 0. The molecule has 0 radical (unpaired) electrons. The molecule has 0 aliphatic carbocycles. The summed E-state index contributed by atoms with van der Waals surface area (Å²) in [5, 5.41) is 3.19. The lowest BCUT2D eigenvalue weighted by Crippen LogP contribution is -2.26. The Morgan fingerprint density at radius 2 is 2.35 bits per heavy atom. The molecule has 1 N–H and O–H groups in total. The lowest BCUT2D eigenvalue weighted by atomic mass is 10.0. The Morgan fingerprint density at radius 1 is 1.53 bits per heavy atom. The second-order valence-electron chi connectivity index (χ2n) is 4.40. The summed E-state index contributed by atoms with van der Waals surface area (Å²) in [5.41, 5.74) is 0.490. The first-order valence-electron chi connectivity index (χ1n) is 5.88. The van der Waals surface area contributed by atoms with Crippen molar-refractivity contribution in [1.82, 2.24) is 0 Å². The van der Waals surface area contributed by atoms with Gasteiger partial charge in [0.25, 0.3) is 0 Å². The Balaban J connectivity index is 2.06. The average molecular weight is 239 g/mol. The van der Waals surface area contributed by atoms with Gasteiger partial charge in [-0.15, -0.1) is 0 Å². The summed E-state index contributed by atoms with van der Waals surface area (Å²) in [6.45, 7) is 3.61. The first-order valence-corrected chi connectivity index (χ1v) is 5.88. The fourth-order valence-electron chi connectivity index (χ4n) is 2.05. The van der Waals surface area contributed by atoms with Crippen LogP contribution in [0.2, 0.25) is 0 Å². The first kappa shape index (κ1) is 12.2. The van der Waals surface area contributed by atoms with Crippen molar-refractivity contribution in [1.29, 1.82) is 0 Å². The highest BCUT2D eigenvalue weighted by atomic mass is 19.1. The Bertz CT molecular complexity index is 378. The van der Waals surface area contributed by atoms with Crippen LogP contribution in [0.25, 0.3) is 0 Å². The van der Waals surface area contributed by atoms with E-state index in [0.29, 0.717) is 17.4 Å². The summed E-state index contributed by atoms with van der Waals surface area (Å²) in [5.74, 6) is 0.848. The number of halogens is 1. The maximum Gasteiger partial charge on any atom is 0.146 e. The van der Waals surface area contributed by atoms with Crippen LogP contribution in [0.3, 0.4) is 0 Å². The molecule has 2 rings (SSSR count). The molecule has 94 valence electrons. The van der Waals surface area contributed by atoms with Crippen LogP contribution >= 0.6 is 0 Å². The van der Waals surface area contributed by atoms with E-state index in [1.165, 1.54) is 6.07 Å². The highest BCUT2D eigenvalue weighted by Gasteiger charge is 2.22. The largest absolute Gasteiger partial charge is 0.497 e. The van der Waals surface area contributed by atoms with Crippen LogP contribution in [0.1, 0.15) is 13.3 Å². The maximum atomic E-state index is 13.6. The van der Waals surface area contributed by atoms with Gasteiger partial charge in [-0.3, -0.25) is 0 Å². The molecule has 0 saturated carbocycles. The van der Waals surface area contributed by atoms with E-state index in [1.54, 1.807) is 19.2 Å². The Labute approximate surface area is 101 Å². The maximum absolute atomic E-state index is 13.6. The summed E-state index contributed by atoms with van der Waals surface area (Å²) in [7, 11) is 1.57. The van der Waals surface area contributed by atoms with E-state index in [-0.39, 0.29) is 11.9 Å². The number of anilines is 1. The van der Waals surface area contributed by atoms with Crippen molar-refractivity contribution >= 4 is 5.69 Å². The van der Waals surface area contributed by atoms with Gasteiger partial charge in [0.2, 0.25) is 0 Å². The molecule has 17 heavy (non-hydrogen) atoms. The molecule has 3 nitrogen and oxygen atoms in total. The summed E-state index contributed by atoms with van der Waals surface area (Å²) in [6, 6.07) is 4.91. The third-order valence-electron chi connectivity index (χ3n) is 3.23. The van der Waals surface area contributed by atoms with Gasteiger partial charge >= 0.3 is 0 Å². The van der Waals surface area contributed by atoms with Crippen LogP contribution in [-0.4, -0.2) is 26.4 Å². The third-order valence-corrected chi connectivity index (χ3v) is 3.23. The van der Waals surface area contributed by atoms with Crippen molar-refractivity contribution in [2.24, 2.45) is 5.92 Å². The zero-order valence-electron chi connectivity index (χ0n) is 10.2. The number of benzene rings is 1. The smallest absolute Gasteiger partial charge is 0.146 e. The molecule has 0 aromatic heterocycles. The van der Waals surface area contributed by atoms with E-state index in [2.05, 4.69) is 12.2 Å². The molecule has 1 aliphatic heterocycles. The molecule has 0 amide bonds. The van der Waals surface area contributed by atoms with Crippen molar-refractivity contribution in [3.63, 3.8) is 0 Å². The van der Waals surface area contributed by atoms with Crippen LogP contribution in [0.5, 0.6) is 5.75 Å². The molecule has 2 unspecified atom stereocenters. The van der Waals surface area contributed by atoms with E-state index in [9.17, 15) is 4.39 Å². The van der Waals surface area contributed by atoms with E-state index in [4.69, 9.17) is 9.47 Å². The molecule has 2 atom stereocenters. The highest BCUT2D eigenvalue weighted by molar-refractivity contribution is 5.50. The van der Waals surface area contributed by atoms with E-state index >= 15 is 0 Å². The normalized spacial score (nSPS) is 21.2. The fourth-order valence-corrected chi connectivity index (χ4v) is 2.05. The zero-order chi connectivity index (χ0) is 12.3. The van der Waals surface area contributed by atoms with Gasteiger partial charge in [0, 0.05) is 24.6 Å². The van der Waals surface area contributed by atoms with Crippen LogP contribution < -0.4 is 10.1 Å². The SMILES string of the molecule is COc1ccc(F)c(NC(C)C2CCOC2)c1. The van der Waals surface area contributed by atoms with Gasteiger partial charge in [0.15, 0.2) is 0 Å². The molecule has 4 heteroatoms. The van der Waals surface area contributed by atoms with Gasteiger partial charge in [-0.25, -0.2) is 4.39 Å². The Hall–Kier alpha value is -1.29. The van der Waals surface area contributed by atoms with Crippen molar-refractivity contribution in [3.8, 4) is 5.75 Å². The van der Waals surface area contributed by atoms with Gasteiger partial charge in [-0.05, 0) is 25.5 Å². The van der Waals surface area contributed by atoms with Gasteiger partial charge < -0.3 is 14.8 Å². The molecule has 0 bridgehead atoms. The second kappa shape index (κ2) is 5.36. The lowest BCUT2D eigenvalue weighted by Gasteiger charge is -2.21. The summed E-state index contributed by atoms with van der Waals surface area (Å²) >= 11 is 0. The molecule has 1 aromatic carbocycles. The molecule has 1 heterocycles. The van der Waals surface area contributed by atoms with Crippen molar-refractivity contribution in [3.05, 3.63) is 24.0 Å². The second-order valence-corrected chi connectivity index (χ2v) is 4.40. The van der Waals surface area contributed by atoms with E-state index in [0.717, 1.165) is 19.6 Å². The minimum atomic E-state index is -0.253. The molecular formula is C13H18FNO2. The van der Waals surface area contributed by atoms with Gasteiger partial charge in [-0.2, -0.15) is 0 Å². The minimum Gasteiger partial charge on any atom is -0.497 e. The monoisotopic (exact) mass is 239 g/mol. The predicted molar refractivity (Wildman–Crippen MR) is 65.0 cm³/mol. The van der Waals surface area contributed by atoms with Crippen LogP contribution in [-0.2, 0) is 4.74 Å². The topological polar surface area (TPSA) is 30.5 Å². The summed E-state index contributed by atoms with van der Waals surface area (Å²) < 4.78 is 24.0. The molecule has 1 fully saturated rings. The summed E-state index contributed by atoms with van der Waals surface area (Å²) in [6.07, 6.45) is 1.03. The minimum absolute atomic E-state index is 0.194. The average Bonchev–Trinajstić information content (AvgIpc) is 2.85. The number of hydrogen-bond acceptors (Lipinski definition) is 3. The van der Waals surface area contributed by atoms with E-state index < -0.39 is 0 Å². The number of methoxy groups -OCH3 is 1. The van der Waals surface area contributed by atoms with E-state index in [1.807, 2.05) is 0 Å². The number of nitrogens with one attached hydrogen (secondary N) is 1. The van der Waals surface area contributed by atoms with Crippen molar-refractivity contribution in [2.45, 2.75) is 19.4 Å². The Morgan fingerprint density at radius 3 is 3.00 bits per heavy atom. The standard InChI is InChI=1S/C13H18FNO2/c1-9(10-5-6-17-8-10)15-13-7-11(16-2)3-4-12(13)14/h3-4,7,9-10,15H,5-6,8H2,1-2H3. The number of rotatable bonds is 4. The third kappa shape index (κ3) is 2.88. The Kier molecular flexibility index (Phi) is 3.84. The quantitative estimate of drug-likeness (QED) is 0.876. The van der Waals surface area contributed by atoms with Gasteiger partial charge in [0.05, 0.1) is 19.4 Å². The van der Waals surface area contributed by atoms with Crippen LogP contribution in [0.4, 0.5) is 10.1 Å². The lowest BCUT2D eigenvalue weighted by molar-refractivity contribution is 0.183. The number of ether oxygens (including phenoxy) is 2. The van der Waals surface area contributed by atoms with Crippen molar-refractivity contribution < 1.29 is 13.9 Å². The molecule has 1 saturated heterocycles. The number of hydrogen-bond donors (Lipinski definition) is 1. The van der Waals surface area contributed by atoms with Crippen LogP contribution in [0.15, 0.2) is 18.2 Å². The molecular weight excluding hydrogens is 221 g/mol. The zero-order valence-corrected chi connectivity index (χ0v) is 10.2. The molecule has 1 aliphatic rings. The first-order chi connectivity index (χ1) is 8.20. The molecule has 1 aromatic rings. The predicted octanol–water partition coefficient (Wildman–Crippen LogP) is 2.67. The van der Waals surface area contributed by atoms with Gasteiger partial charge in [-0.1, -0.05) is 0 Å². The molecule has 0 spiro atoms. The van der Waals surface area contributed by atoms with Crippen LogP contribution in [0, 0.1) is 11.7 Å².